The molecule has 0 spiro atoms. The van der Waals surface area contributed by atoms with Gasteiger partial charge in [-0.25, -0.2) is 9.78 Å². The number of likely N-dealkylation sites (tertiary alicyclic amines) is 1. The molecule has 0 radical (unpaired) electrons. The van der Waals surface area contributed by atoms with Crippen LogP contribution < -0.4 is 0 Å². The van der Waals surface area contributed by atoms with Gasteiger partial charge in [0, 0.05) is 13.1 Å². The average Bonchev–Trinajstić information content (AvgIpc) is 3.27. The maximum absolute atomic E-state index is 13.2. The molecule has 1 aliphatic rings. The van der Waals surface area contributed by atoms with Crippen molar-refractivity contribution in [3.05, 3.63) is 58.8 Å². The summed E-state index contributed by atoms with van der Waals surface area (Å²) in [5.41, 5.74) is 1.88. The smallest absolute Gasteiger partial charge is 0.340 e. The van der Waals surface area contributed by atoms with Crippen LogP contribution in [-0.2, 0) is 9.53 Å². The molecule has 0 bridgehead atoms. The number of aryl methyl sites for hydroxylation is 1. The molecule has 3 rings (SSSR count). The predicted molar refractivity (Wildman–Crippen MR) is 110 cm³/mol. The van der Waals surface area contributed by atoms with Gasteiger partial charge < -0.3 is 9.64 Å². The van der Waals surface area contributed by atoms with Crippen molar-refractivity contribution in [2.45, 2.75) is 37.0 Å². The number of carbonyl (C=O) groups is 2. The fourth-order valence-electron chi connectivity index (χ4n) is 3.27. The van der Waals surface area contributed by atoms with Crippen LogP contribution in [0.4, 0.5) is 0 Å². The van der Waals surface area contributed by atoms with E-state index in [1.807, 2.05) is 35.2 Å². The Morgan fingerprint density at radius 1 is 1.28 bits per heavy atom. The van der Waals surface area contributed by atoms with Gasteiger partial charge in [0.1, 0.15) is 16.3 Å². The normalized spacial score (nSPS) is 14.3. The molecule has 2 aromatic rings. The summed E-state index contributed by atoms with van der Waals surface area (Å²) in [6, 6.07) is 13.1. The Kier molecular flexibility index (Phi) is 6.89. The van der Waals surface area contributed by atoms with E-state index in [0.29, 0.717) is 10.7 Å². The monoisotopic (exact) mass is 409 g/mol. The van der Waals surface area contributed by atoms with Crippen LogP contribution in [0.5, 0.6) is 0 Å². The van der Waals surface area contributed by atoms with Crippen LogP contribution in [-0.4, -0.2) is 41.5 Å². The van der Waals surface area contributed by atoms with E-state index in [1.54, 1.807) is 13.8 Å². The zero-order valence-electron chi connectivity index (χ0n) is 16.6. The van der Waals surface area contributed by atoms with Crippen molar-refractivity contribution in [1.29, 1.82) is 5.26 Å². The van der Waals surface area contributed by atoms with Gasteiger partial charge in [0.25, 0.3) is 0 Å². The highest BCUT2D eigenvalue weighted by Gasteiger charge is 2.30. The minimum atomic E-state index is -0.502. The fourth-order valence-corrected chi connectivity index (χ4v) is 4.46. The third kappa shape index (κ3) is 4.77. The quantitative estimate of drug-likeness (QED) is 0.532. The van der Waals surface area contributed by atoms with E-state index in [-0.39, 0.29) is 23.6 Å². The summed E-state index contributed by atoms with van der Waals surface area (Å²) in [5, 5.41) is 9.57. The Morgan fingerprint density at radius 3 is 2.59 bits per heavy atom. The Morgan fingerprint density at radius 2 is 1.97 bits per heavy atom. The molecule has 29 heavy (non-hydrogen) atoms. The molecule has 7 heteroatoms. The van der Waals surface area contributed by atoms with Crippen LogP contribution in [0.2, 0.25) is 0 Å². The van der Waals surface area contributed by atoms with Gasteiger partial charge in [-0.3, -0.25) is 4.79 Å². The third-order valence-electron chi connectivity index (χ3n) is 4.77. The zero-order chi connectivity index (χ0) is 20.8. The lowest BCUT2D eigenvalue weighted by atomic mass is 10.1. The molecule has 1 aromatic carbocycles. The van der Waals surface area contributed by atoms with Crippen LogP contribution in [0, 0.1) is 18.3 Å². The lowest BCUT2D eigenvalue weighted by Crippen LogP contribution is -2.31. The summed E-state index contributed by atoms with van der Waals surface area (Å²) < 4.78 is 5.05. The number of nitriles is 1. The van der Waals surface area contributed by atoms with E-state index >= 15 is 0 Å². The number of amides is 1. The third-order valence-corrected chi connectivity index (χ3v) is 6.01. The van der Waals surface area contributed by atoms with Gasteiger partial charge in [0.05, 0.1) is 23.4 Å². The Balaban J connectivity index is 1.97. The minimum absolute atomic E-state index is 0.0245. The van der Waals surface area contributed by atoms with Gasteiger partial charge in [-0.05, 0) is 38.3 Å². The number of thioether (sulfide) groups is 1. The SMILES string of the molecule is CCOC(=O)c1cc(C#N)c(S[C@H](C(=O)N2CCCC2)c2ccccc2)nc1C. The standard InChI is InChI=1S/C22H23N3O3S/c1-3-28-22(27)18-13-17(14-23)20(24-15(18)2)29-19(16-9-5-4-6-10-16)21(26)25-11-7-8-12-25/h4-6,9-10,13,19H,3,7-8,11-12H2,1-2H3/t19-/m0/s1. The minimum Gasteiger partial charge on any atom is -0.462 e. The van der Waals surface area contributed by atoms with Gasteiger partial charge in [0.15, 0.2) is 0 Å². The van der Waals surface area contributed by atoms with E-state index in [4.69, 9.17) is 4.74 Å². The summed E-state index contributed by atoms with van der Waals surface area (Å²) in [6.07, 6.45) is 2.01. The van der Waals surface area contributed by atoms with Gasteiger partial charge >= 0.3 is 5.97 Å². The molecule has 1 amide bonds. The van der Waals surface area contributed by atoms with E-state index in [1.165, 1.54) is 17.8 Å². The molecule has 0 unspecified atom stereocenters. The molecule has 0 N–H and O–H groups in total. The number of rotatable bonds is 6. The molecule has 150 valence electrons. The fraction of sp³-hybridized carbons (Fsp3) is 0.364. The van der Waals surface area contributed by atoms with E-state index < -0.39 is 11.2 Å². The number of aromatic nitrogens is 1. The van der Waals surface area contributed by atoms with Gasteiger partial charge in [0.2, 0.25) is 5.91 Å². The van der Waals surface area contributed by atoms with Crippen molar-refractivity contribution < 1.29 is 14.3 Å². The number of hydrogen-bond acceptors (Lipinski definition) is 6. The summed E-state index contributed by atoms with van der Waals surface area (Å²) in [5.74, 6) is -0.477. The first-order valence-corrected chi connectivity index (χ1v) is 10.5. The predicted octanol–water partition coefficient (Wildman–Crippen LogP) is 3.89. The summed E-state index contributed by atoms with van der Waals surface area (Å²) in [4.78, 5) is 31.7. The van der Waals surface area contributed by atoms with Crippen molar-refractivity contribution in [1.82, 2.24) is 9.88 Å². The average molecular weight is 410 g/mol. The maximum Gasteiger partial charge on any atom is 0.340 e. The number of nitrogens with zero attached hydrogens (tertiary/aromatic N) is 3. The molecular weight excluding hydrogens is 386 g/mol. The highest BCUT2D eigenvalue weighted by Crippen LogP contribution is 2.38. The molecule has 6 nitrogen and oxygen atoms in total. The highest BCUT2D eigenvalue weighted by atomic mass is 32.2. The second kappa shape index (κ2) is 9.57. The van der Waals surface area contributed by atoms with Crippen molar-refractivity contribution >= 4 is 23.6 Å². The largest absolute Gasteiger partial charge is 0.462 e. The number of hydrogen-bond donors (Lipinski definition) is 0. The first kappa shape index (κ1) is 20.9. The molecule has 0 aliphatic carbocycles. The number of esters is 1. The van der Waals surface area contributed by atoms with Crippen molar-refractivity contribution in [3.63, 3.8) is 0 Å². The van der Waals surface area contributed by atoms with Crippen LogP contribution in [0.25, 0.3) is 0 Å². The highest BCUT2D eigenvalue weighted by molar-refractivity contribution is 8.00. The summed E-state index contributed by atoms with van der Waals surface area (Å²) in [6.45, 7) is 5.18. The molecule has 1 saturated heterocycles. The van der Waals surface area contributed by atoms with Gasteiger partial charge in [-0.1, -0.05) is 42.1 Å². The molecule has 1 aromatic heterocycles. The van der Waals surface area contributed by atoms with Crippen molar-refractivity contribution in [2.75, 3.05) is 19.7 Å². The second-order valence-corrected chi connectivity index (χ2v) is 7.84. The molecule has 0 saturated carbocycles. The Hall–Kier alpha value is -2.85. The number of ether oxygens (including phenoxy) is 1. The van der Waals surface area contributed by atoms with Crippen molar-refractivity contribution in [3.8, 4) is 6.07 Å². The number of pyridine rings is 1. The first-order valence-electron chi connectivity index (χ1n) is 9.64. The van der Waals surface area contributed by atoms with Crippen LogP contribution in [0.3, 0.4) is 0 Å². The van der Waals surface area contributed by atoms with E-state index in [2.05, 4.69) is 11.1 Å². The molecule has 1 fully saturated rings. The number of carbonyl (C=O) groups excluding carboxylic acids is 2. The van der Waals surface area contributed by atoms with E-state index in [9.17, 15) is 14.9 Å². The maximum atomic E-state index is 13.2. The van der Waals surface area contributed by atoms with Crippen LogP contribution >= 0.6 is 11.8 Å². The van der Waals surface area contributed by atoms with Crippen molar-refractivity contribution in [2.24, 2.45) is 0 Å². The zero-order valence-corrected chi connectivity index (χ0v) is 17.4. The molecule has 1 atom stereocenters. The lowest BCUT2D eigenvalue weighted by molar-refractivity contribution is -0.129. The topological polar surface area (TPSA) is 83.3 Å². The Bertz CT molecular complexity index is 934. The van der Waals surface area contributed by atoms with Gasteiger partial charge in [-0.15, -0.1) is 0 Å². The molecule has 1 aliphatic heterocycles. The summed E-state index contributed by atoms with van der Waals surface area (Å²) in [7, 11) is 0. The molecule has 2 heterocycles. The second-order valence-electron chi connectivity index (χ2n) is 6.75. The van der Waals surface area contributed by atoms with Crippen LogP contribution in [0.15, 0.2) is 41.4 Å². The molecular formula is C22H23N3O3S. The lowest BCUT2D eigenvalue weighted by Gasteiger charge is -2.23. The van der Waals surface area contributed by atoms with Crippen LogP contribution in [0.1, 0.15) is 52.2 Å². The first-order chi connectivity index (χ1) is 14.0. The summed E-state index contributed by atoms with van der Waals surface area (Å²) >= 11 is 1.26. The van der Waals surface area contributed by atoms with E-state index in [0.717, 1.165) is 31.5 Å². The number of benzene rings is 1. The van der Waals surface area contributed by atoms with Gasteiger partial charge in [-0.2, -0.15) is 5.26 Å². The Labute approximate surface area is 174 Å².